The predicted octanol–water partition coefficient (Wildman–Crippen LogP) is 5.57. The van der Waals surface area contributed by atoms with Crippen molar-refractivity contribution >= 4 is 0 Å². The number of aliphatic hydroxyl groups excluding tert-OH is 2. The third-order valence-electron chi connectivity index (χ3n) is 9.33. The zero-order valence-electron chi connectivity index (χ0n) is 20.0. The molecule has 5 heteroatoms. The third kappa shape index (κ3) is 5.31. The van der Waals surface area contributed by atoms with E-state index < -0.39 is 24.6 Å². The molecule has 0 aromatic carbocycles. The quantitative estimate of drug-likeness (QED) is 0.574. The second-order valence-corrected chi connectivity index (χ2v) is 11.6. The Bertz CT molecular complexity index is 688. The largest absolute Gasteiger partial charge is 0.393 e. The van der Waals surface area contributed by atoms with E-state index in [1.165, 1.54) is 31.3 Å². The van der Waals surface area contributed by atoms with Gasteiger partial charge in [0.1, 0.15) is 0 Å². The fraction of sp³-hybridized carbons (Fsp3) is 0.852. The standard InChI is InChI=1S/C27H43F2NO2/c1-18(17-30-12-9-21(10-13-30)26(28)29)24-7-8-25-20(4-3-11-27(24,25)2)6-5-19-14-22(31)16-23(32)15-19/h5-6,18,21-26,31-32H,3-4,7-17H2,1-2H3/b20-6+/t18-,22+,23+,24+,25-,27+/m0/s1. The van der Waals surface area contributed by atoms with Crippen LogP contribution in [0.25, 0.3) is 0 Å². The number of hydrogen-bond donors (Lipinski definition) is 2. The average molecular weight is 452 g/mol. The topological polar surface area (TPSA) is 43.7 Å². The van der Waals surface area contributed by atoms with Crippen molar-refractivity contribution in [2.45, 2.75) is 96.7 Å². The average Bonchev–Trinajstić information content (AvgIpc) is 3.09. The second-order valence-electron chi connectivity index (χ2n) is 11.6. The predicted molar refractivity (Wildman–Crippen MR) is 125 cm³/mol. The Morgan fingerprint density at radius 2 is 1.75 bits per heavy atom. The van der Waals surface area contributed by atoms with E-state index in [-0.39, 0.29) is 0 Å². The summed E-state index contributed by atoms with van der Waals surface area (Å²) >= 11 is 0. The minimum Gasteiger partial charge on any atom is -0.393 e. The Kier molecular flexibility index (Phi) is 7.78. The summed E-state index contributed by atoms with van der Waals surface area (Å²) in [5.74, 6) is 1.51. The number of hydrogen-bond acceptors (Lipinski definition) is 3. The number of fused-ring (bicyclic) bond motifs is 1. The van der Waals surface area contributed by atoms with Crippen LogP contribution in [0.5, 0.6) is 0 Å². The number of halogens is 2. The van der Waals surface area contributed by atoms with Crippen molar-refractivity contribution in [2.24, 2.45) is 29.1 Å². The fourth-order valence-corrected chi connectivity index (χ4v) is 7.67. The molecule has 0 spiro atoms. The van der Waals surface area contributed by atoms with Gasteiger partial charge >= 0.3 is 0 Å². The summed E-state index contributed by atoms with van der Waals surface area (Å²) in [4.78, 5) is 2.43. The van der Waals surface area contributed by atoms with Gasteiger partial charge in [0.25, 0.3) is 0 Å². The van der Waals surface area contributed by atoms with E-state index in [1.807, 2.05) is 0 Å². The van der Waals surface area contributed by atoms with E-state index in [1.54, 1.807) is 5.57 Å². The lowest BCUT2D eigenvalue weighted by Gasteiger charge is -2.45. The summed E-state index contributed by atoms with van der Waals surface area (Å²) in [6.07, 6.45) is 10.9. The molecule has 4 fully saturated rings. The van der Waals surface area contributed by atoms with Gasteiger partial charge in [0.2, 0.25) is 6.43 Å². The molecule has 0 bridgehead atoms. The monoisotopic (exact) mass is 451 g/mol. The first-order chi connectivity index (χ1) is 15.3. The fourth-order valence-electron chi connectivity index (χ4n) is 7.67. The van der Waals surface area contributed by atoms with Gasteiger partial charge in [-0.15, -0.1) is 0 Å². The summed E-state index contributed by atoms with van der Waals surface area (Å²) in [7, 11) is 0. The molecule has 1 aliphatic heterocycles. The molecule has 0 amide bonds. The molecule has 1 saturated heterocycles. The van der Waals surface area contributed by atoms with Crippen LogP contribution in [0.1, 0.15) is 78.1 Å². The van der Waals surface area contributed by atoms with Crippen LogP contribution in [0.15, 0.2) is 23.3 Å². The summed E-state index contributed by atoms with van der Waals surface area (Å²) < 4.78 is 26.0. The number of piperidine rings is 1. The van der Waals surface area contributed by atoms with Gasteiger partial charge in [-0.2, -0.15) is 0 Å². The molecule has 4 rings (SSSR count). The van der Waals surface area contributed by atoms with Gasteiger partial charge in [0, 0.05) is 12.5 Å². The lowest BCUT2D eigenvalue weighted by molar-refractivity contribution is 0.0227. The van der Waals surface area contributed by atoms with E-state index in [0.717, 1.165) is 26.1 Å². The minimum absolute atomic E-state index is 0.328. The molecule has 6 atom stereocenters. The molecule has 2 N–H and O–H groups in total. The Morgan fingerprint density at radius 1 is 1.06 bits per heavy atom. The van der Waals surface area contributed by atoms with Crippen molar-refractivity contribution in [1.29, 1.82) is 0 Å². The van der Waals surface area contributed by atoms with E-state index in [2.05, 4.69) is 30.9 Å². The van der Waals surface area contributed by atoms with Crippen molar-refractivity contribution in [3.63, 3.8) is 0 Å². The zero-order valence-corrected chi connectivity index (χ0v) is 20.0. The maximum Gasteiger partial charge on any atom is 0.241 e. The smallest absolute Gasteiger partial charge is 0.241 e. The highest BCUT2D eigenvalue weighted by atomic mass is 19.3. The van der Waals surface area contributed by atoms with Gasteiger partial charge < -0.3 is 15.1 Å². The summed E-state index contributed by atoms with van der Waals surface area (Å²) in [5.41, 5.74) is 3.06. The summed E-state index contributed by atoms with van der Waals surface area (Å²) in [6.45, 7) is 7.58. The van der Waals surface area contributed by atoms with Gasteiger partial charge in [-0.25, -0.2) is 8.78 Å². The van der Waals surface area contributed by atoms with Gasteiger partial charge in [-0.05, 0) is 100 Å². The molecule has 32 heavy (non-hydrogen) atoms. The highest BCUT2D eigenvalue weighted by Crippen LogP contribution is 2.59. The Labute approximate surface area is 193 Å². The lowest BCUT2D eigenvalue weighted by atomic mass is 9.61. The van der Waals surface area contributed by atoms with E-state index in [0.29, 0.717) is 55.3 Å². The molecule has 3 aliphatic carbocycles. The van der Waals surface area contributed by atoms with Crippen molar-refractivity contribution < 1.29 is 19.0 Å². The molecule has 3 nitrogen and oxygen atoms in total. The minimum atomic E-state index is -2.16. The van der Waals surface area contributed by atoms with Gasteiger partial charge in [-0.1, -0.05) is 37.1 Å². The Hall–Kier alpha value is -0.780. The highest BCUT2D eigenvalue weighted by Gasteiger charge is 2.50. The van der Waals surface area contributed by atoms with E-state index in [4.69, 9.17) is 0 Å². The first-order valence-corrected chi connectivity index (χ1v) is 13.0. The second kappa shape index (κ2) is 10.2. The van der Waals surface area contributed by atoms with Crippen molar-refractivity contribution in [3.05, 3.63) is 23.3 Å². The maximum atomic E-state index is 13.0. The highest BCUT2D eigenvalue weighted by molar-refractivity contribution is 5.26. The van der Waals surface area contributed by atoms with Crippen LogP contribution in [0.4, 0.5) is 8.78 Å². The van der Waals surface area contributed by atoms with Crippen LogP contribution in [-0.2, 0) is 0 Å². The molecule has 0 aromatic heterocycles. The summed E-state index contributed by atoms with van der Waals surface area (Å²) in [6, 6.07) is 0. The molecule has 0 aromatic rings. The third-order valence-corrected chi connectivity index (χ3v) is 9.33. The van der Waals surface area contributed by atoms with E-state index in [9.17, 15) is 19.0 Å². The number of allylic oxidation sites excluding steroid dienone is 3. The SMILES string of the molecule is C[C@@H](CN1CCC(C(F)F)CC1)[C@H]1CC[C@H]2/C(=C/C=C3C[C@@H](O)C[C@H](O)C3)CCC[C@]12C. The number of rotatable bonds is 5. The molecular weight excluding hydrogens is 408 g/mol. The molecule has 4 aliphatic rings. The van der Waals surface area contributed by atoms with E-state index >= 15 is 0 Å². The Morgan fingerprint density at radius 3 is 2.41 bits per heavy atom. The van der Waals surface area contributed by atoms with Crippen LogP contribution in [0.3, 0.4) is 0 Å². The summed E-state index contributed by atoms with van der Waals surface area (Å²) in [5, 5.41) is 20.0. The number of alkyl halides is 2. The number of nitrogens with zero attached hydrogens (tertiary/aromatic N) is 1. The van der Waals surface area contributed by atoms with Crippen LogP contribution >= 0.6 is 0 Å². The van der Waals surface area contributed by atoms with Crippen LogP contribution in [0, 0.1) is 29.1 Å². The molecular formula is C27H43F2NO2. The molecule has 1 heterocycles. The molecule has 182 valence electrons. The van der Waals surface area contributed by atoms with Crippen molar-refractivity contribution in [1.82, 2.24) is 4.90 Å². The van der Waals surface area contributed by atoms with Crippen molar-refractivity contribution in [2.75, 3.05) is 19.6 Å². The van der Waals surface area contributed by atoms with Crippen LogP contribution in [-0.4, -0.2) is 53.4 Å². The first kappa shape index (κ1) is 24.3. The van der Waals surface area contributed by atoms with Gasteiger partial charge in [-0.3, -0.25) is 0 Å². The van der Waals surface area contributed by atoms with Crippen molar-refractivity contribution in [3.8, 4) is 0 Å². The maximum absolute atomic E-state index is 13.0. The van der Waals surface area contributed by atoms with Crippen LogP contribution in [0.2, 0.25) is 0 Å². The number of aliphatic hydroxyl groups is 2. The molecule has 3 saturated carbocycles. The molecule has 0 unspecified atom stereocenters. The first-order valence-electron chi connectivity index (χ1n) is 13.0. The van der Waals surface area contributed by atoms with Gasteiger partial charge in [0.15, 0.2) is 0 Å². The van der Waals surface area contributed by atoms with Gasteiger partial charge in [0.05, 0.1) is 12.2 Å². The Balaban J connectivity index is 1.39. The zero-order chi connectivity index (χ0) is 22.9. The lowest BCUT2D eigenvalue weighted by Crippen LogP contribution is -2.42. The molecule has 0 radical (unpaired) electrons. The van der Waals surface area contributed by atoms with Crippen LogP contribution < -0.4 is 0 Å². The number of likely N-dealkylation sites (tertiary alicyclic amines) is 1. The normalized spacial score (nSPS) is 39.5.